The standard InChI is InChI=1S/C19H20N2O5S/c22-19-5-2-8-21(19)13-14-3-1-4-15(11-14)20-27(23,24)16-6-7-17-18(12-16)26-10-9-25-17/h1,3-4,6-7,11-12,20H,2,5,8-10,13H2. The van der Waals surface area contributed by atoms with E-state index < -0.39 is 10.0 Å². The molecule has 142 valence electrons. The summed E-state index contributed by atoms with van der Waals surface area (Å²) in [5, 5.41) is 0. The van der Waals surface area contributed by atoms with Crippen LogP contribution >= 0.6 is 0 Å². The lowest BCUT2D eigenvalue weighted by Crippen LogP contribution is -2.23. The molecule has 0 saturated carbocycles. The minimum atomic E-state index is -3.77. The molecule has 1 fully saturated rings. The van der Waals surface area contributed by atoms with E-state index >= 15 is 0 Å². The van der Waals surface area contributed by atoms with Crippen molar-refractivity contribution in [1.82, 2.24) is 4.90 Å². The highest BCUT2D eigenvalue weighted by molar-refractivity contribution is 7.92. The summed E-state index contributed by atoms with van der Waals surface area (Å²) in [5.74, 6) is 1.10. The summed E-state index contributed by atoms with van der Waals surface area (Å²) in [4.78, 5) is 13.7. The summed E-state index contributed by atoms with van der Waals surface area (Å²) in [7, 11) is -3.77. The van der Waals surface area contributed by atoms with Crippen LogP contribution in [0.3, 0.4) is 0 Å². The van der Waals surface area contributed by atoms with Crippen LogP contribution in [0.1, 0.15) is 18.4 Å². The monoisotopic (exact) mass is 388 g/mol. The van der Waals surface area contributed by atoms with E-state index in [0.29, 0.717) is 43.4 Å². The normalized spacial score (nSPS) is 16.4. The Labute approximate surface area is 157 Å². The van der Waals surface area contributed by atoms with Crippen molar-refractivity contribution in [1.29, 1.82) is 0 Å². The van der Waals surface area contributed by atoms with Crippen LogP contribution in [0.2, 0.25) is 0 Å². The molecule has 0 spiro atoms. The number of carbonyl (C=O) groups excluding carboxylic acids is 1. The molecule has 1 saturated heterocycles. The molecule has 0 radical (unpaired) electrons. The number of anilines is 1. The third-order valence-electron chi connectivity index (χ3n) is 4.55. The first-order valence-electron chi connectivity index (χ1n) is 8.80. The van der Waals surface area contributed by atoms with Crippen LogP contribution in [0.15, 0.2) is 47.4 Å². The number of hydrogen-bond acceptors (Lipinski definition) is 5. The summed E-state index contributed by atoms with van der Waals surface area (Å²) < 4.78 is 38.9. The van der Waals surface area contributed by atoms with Crippen LogP contribution in [0.25, 0.3) is 0 Å². The molecule has 0 bridgehead atoms. The lowest BCUT2D eigenvalue weighted by Gasteiger charge is -2.19. The van der Waals surface area contributed by atoms with Gasteiger partial charge in [0.15, 0.2) is 11.5 Å². The predicted octanol–water partition coefficient (Wildman–Crippen LogP) is 2.38. The Kier molecular flexibility index (Phi) is 4.65. The van der Waals surface area contributed by atoms with Crippen LogP contribution in [0.4, 0.5) is 5.69 Å². The smallest absolute Gasteiger partial charge is 0.262 e. The van der Waals surface area contributed by atoms with E-state index in [-0.39, 0.29) is 10.8 Å². The van der Waals surface area contributed by atoms with Gasteiger partial charge in [-0.2, -0.15) is 0 Å². The van der Waals surface area contributed by atoms with E-state index in [1.165, 1.54) is 12.1 Å². The Morgan fingerprint density at radius 2 is 1.85 bits per heavy atom. The maximum absolute atomic E-state index is 12.7. The number of fused-ring (bicyclic) bond motifs is 1. The van der Waals surface area contributed by atoms with Crippen LogP contribution in [0.5, 0.6) is 11.5 Å². The fourth-order valence-electron chi connectivity index (χ4n) is 3.23. The molecule has 1 N–H and O–H groups in total. The second-order valence-corrected chi connectivity index (χ2v) is 8.21. The lowest BCUT2D eigenvalue weighted by molar-refractivity contribution is -0.128. The average molecular weight is 388 g/mol. The molecule has 2 aromatic rings. The number of benzene rings is 2. The van der Waals surface area contributed by atoms with Gasteiger partial charge in [-0.15, -0.1) is 0 Å². The summed E-state index contributed by atoms with van der Waals surface area (Å²) in [6.45, 7) is 2.06. The van der Waals surface area contributed by atoms with Crippen molar-refractivity contribution in [3.05, 3.63) is 48.0 Å². The highest BCUT2D eigenvalue weighted by atomic mass is 32.2. The Balaban J connectivity index is 1.52. The molecule has 1 amide bonds. The maximum Gasteiger partial charge on any atom is 0.262 e. The zero-order chi connectivity index (χ0) is 18.9. The molecule has 8 heteroatoms. The zero-order valence-electron chi connectivity index (χ0n) is 14.7. The van der Waals surface area contributed by atoms with E-state index in [1.54, 1.807) is 29.2 Å². The van der Waals surface area contributed by atoms with Crippen molar-refractivity contribution in [3.63, 3.8) is 0 Å². The van der Waals surface area contributed by atoms with Crippen LogP contribution in [0, 0.1) is 0 Å². The lowest BCUT2D eigenvalue weighted by atomic mass is 10.2. The fourth-order valence-corrected chi connectivity index (χ4v) is 4.29. The number of carbonyl (C=O) groups is 1. The Morgan fingerprint density at radius 3 is 2.63 bits per heavy atom. The molecule has 0 unspecified atom stereocenters. The molecular formula is C19H20N2O5S. The highest BCUT2D eigenvalue weighted by Gasteiger charge is 2.21. The summed E-state index contributed by atoms with van der Waals surface area (Å²) >= 11 is 0. The number of amides is 1. The van der Waals surface area contributed by atoms with Crippen molar-refractivity contribution in [2.75, 3.05) is 24.5 Å². The molecule has 2 aromatic carbocycles. The number of likely N-dealkylation sites (tertiary alicyclic amines) is 1. The summed E-state index contributed by atoms with van der Waals surface area (Å²) in [6.07, 6.45) is 1.45. The Bertz CT molecular complexity index is 974. The van der Waals surface area contributed by atoms with E-state index in [9.17, 15) is 13.2 Å². The van der Waals surface area contributed by atoms with Crippen molar-refractivity contribution in [2.45, 2.75) is 24.3 Å². The minimum Gasteiger partial charge on any atom is -0.486 e. The number of sulfonamides is 1. The van der Waals surface area contributed by atoms with Gasteiger partial charge >= 0.3 is 0 Å². The first-order valence-corrected chi connectivity index (χ1v) is 10.3. The number of rotatable bonds is 5. The average Bonchev–Trinajstić information content (AvgIpc) is 3.06. The number of hydrogen-bond donors (Lipinski definition) is 1. The molecule has 0 aliphatic carbocycles. The Hall–Kier alpha value is -2.74. The van der Waals surface area contributed by atoms with Gasteiger partial charge in [0.25, 0.3) is 10.0 Å². The van der Waals surface area contributed by atoms with Gasteiger partial charge in [0.05, 0.1) is 4.90 Å². The molecule has 2 aliphatic rings. The van der Waals surface area contributed by atoms with Crippen molar-refractivity contribution < 1.29 is 22.7 Å². The van der Waals surface area contributed by atoms with E-state index in [4.69, 9.17) is 9.47 Å². The van der Waals surface area contributed by atoms with E-state index in [1.807, 2.05) is 6.07 Å². The number of nitrogens with one attached hydrogen (secondary N) is 1. The molecule has 27 heavy (non-hydrogen) atoms. The quantitative estimate of drug-likeness (QED) is 0.850. The third-order valence-corrected chi connectivity index (χ3v) is 5.93. The highest BCUT2D eigenvalue weighted by Crippen LogP contribution is 2.32. The maximum atomic E-state index is 12.7. The van der Waals surface area contributed by atoms with E-state index in [2.05, 4.69) is 4.72 Å². The molecule has 0 atom stereocenters. The first-order chi connectivity index (χ1) is 13.0. The molecular weight excluding hydrogens is 368 g/mol. The molecule has 4 rings (SSSR count). The second-order valence-electron chi connectivity index (χ2n) is 6.53. The van der Waals surface area contributed by atoms with Crippen LogP contribution in [-0.2, 0) is 21.4 Å². The topological polar surface area (TPSA) is 84.9 Å². The van der Waals surface area contributed by atoms with Crippen LogP contribution < -0.4 is 14.2 Å². The predicted molar refractivity (Wildman–Crippen MR) is 99.3 cm³/mol. The molecule has 0 aromatic heterocycles. The minimum absolute atomic E-state index is 0.104. The number of nitrogens with zero attached hydrogens (tertiary/aromatic N) is 1. The molecule has 2 heterocycles. The van der Waals surface area contributed by atoms with Crippen LogP contribution in [-0.4, -0.2) is 39.0 Å². The largest absolute Gasteiger partial charge is 0.486 e. The van der Waals surface area contributed by atoms with Gasteiger partial charge in [-0.1, -0.05) is 12.1 Å². The zero-order valence-corrected chi connectivity index (χ0v) is 15.5. The van der Waals surface area contributed by atoms with Crippen molar-refractivity contribution in [2.24, 2.45) is 0 Å². The summed E-state index contributed by atoms with van der Waals surface area (Å²) in [6, 6.07) is 11.6. The van der Waals surface area contributed by atoms with Crippen molar-refractivity contribution >= 4 is 21.6 Å². The first kappa shape index (κ1) is 17.7. The fraction of sp³-hybridized carbons (Fsp3) is 0.316. The Morgan fingerprint density at radius 1 is 1.04 bits per heavy atom. The third kappa shape index (κ3) is 3.85. The molecule has 7 nitrogen and oxygen atoms in total. The van der Waals surface area contributed by atoms with E-state index in [0.717, 1.165) is 18.5 Å². The van der Waals surface area contributed by atoms with Gasteiger partial charge < -0.3 is 14.4 Å². The van der Waals surface area contributed by atoms with Gasteiger partial charge in [0.2, 0.25) is 5.91 Å². The van der Waals surface area contributed by atoms with Crippen molar-refractivity contribution in [3.8, 4) is 11.5 Å². The number of ether oxygens (including phenoxy) is 2. The van der Waals surface area contributed by atoms with Gasteiger partial charge in [0, 0.05) is 31.3 Å². The second kappa shape index (κ2) is 7.11. The SMILES string of the molecule is O=C1CCCN1Cc1cccc(NS(=O)(=O)c2ccc3c(c2)OCCO3)c1. The van der Waals surface area contributed by atoms with Gasteiger partial charge in [-0.25, -0.2) is 8.42 Å². The summed E-state index contributed by atoms with van der Waals surface area (Å²) in [5.41, 5.74) is 1.33. The van der Waals surface area contributed by atoms with Gasteiger partial charge in [0.1, 0.15) is 13.2 Å². The molecule has 2 aliphatic heterocycles. The van der Waals surface area contributed by atoms with Gasteiger partial charge in [-0.05, 0) is 36.2 Å². The van der Waals surface area contributed by atoms with Gasteiger partial charge in [-0.3, -0.25) is 9.52 Å².